The number of piperazine rings is 1. The summed E-state index contributed by atoms with van der Waals surface area (Å²) in [6.45, 7) is 4.88. The van der Waals surface area contributed by atoms with Crippen molar-refractivity contribution in [2.24, 2.45) is 0 Å². The quantitative estimate of drug-likeness (QED) is 0.750. The summed E-state index contributed by atoms with van der Waals surface area (Å²) in [4.78, 5) is 16.8. The number of nitriles is 2. The van der Waals surface area contributed by atoms with Gasteiger partial charge in [0.2, 0.25) is 0 Å². The number of amides is 2. The Labute approximate surface area is 193 Å². The summed E-state index contributed by atoms with van der Waals surface area (Å²) in [5.74, 6) is -0.431. The van der Waals surface area contributed by atoms with Gasteiger partial charge < -0.3 is 19.9 Å². The van der Waals surface area contributed by atoms with E-state index in [-0.39, 0.29) is 34.8 Å². The minimum Gasteiger partial charge on any atom is -0.495 e. The predicted octanol–water partition coefficient (Wildman–Crippen LogP) is 4.39. The fourth-order valence-corrected chi connectivity index (χ4v) is 4.43. The van der Waals surface area contributed by atoms with Crippen molar-refractivity contribution in [3.63, 3.8) is 0 Å². The Morgan fingerprint density at radius 1 is 1.15 bits per heavy atom. The van der Waals surface area contributed by atoms with Crippen LogP contribution in [0.25, 0.3) is 0 Å². The Balaban J connectivity index is 1.45. The molecule has 8 heteroatoms. The molecule has 1 N–H and O–H groups in total. The van der Waals surface area contributed by atoms with Gasteiger partial charge in [-0.1, -0.05) is 12.1 Å². The van der Waals surface area contributed by atoms with Gasteiger partial charge in [-0.2, -0.15) is 10.5 Å². The normalized spacial score (nSPS) is 21.0. The molecule has 33 heavy (non-hydrogen) atoms. The molecule has 2 aromatic rings. The van der Waals surface area contributed by atoms with Gasteiger partial charge in [0, 0.05) is 42.6 Å². The van der Waals surface area contributed by atoms with E-state index in [4.69, 9.17) is 10.00 Å². The second kappa shape index (κ2) is 8.63. The van der Waals surface area contributed by atoms with Gasteiger partial charge >= 0.3 is 6.03 Å². The maximum Gasteiger partial charge on any atom is 0.322 e. The topological polar surface area (TPSA) is 92.4 Å². The van der Waals surface area contributed by atoms with E-state index in [9.17, 15) is 14.4 Å². The van der Waals surface area contributed by atoms with Crippen LogP contribution in [0.3, 0.4) is 0 Å². The number of hydrogen-bond donors (Lipinski definition) is 1. The molecule has 2 aliphatic rings. The lowest BCUT2D eigenvalue weighted by atomic mass is 9.98. The number of hydrogen-bond acceptors (Lipinski definition) is 5. The van der Waals surface area contributed by atoms with Crippen LogP contribution in [0.5, 0.6) is 5.75 Å². The monoisotopic (exact) mass is 447 g/mol. The van der Waals surface area contributed by atoms with Crippen LogP contribution in [0.15, 0.2) is 36.4 Å². The SMILES string of the molecule is COc1cc(N2C[C@@H](C)N(C(=O)Nc3ccc(C4(C#N)CC4)cc3)C[C@@H]2C)cc(F)c1C#N. The van der Waals surface area contributed by atoms with Crippen LogP contribution < -0.4 is 15.0 Å². The summed E-state index contributed by atoms with van der Waals surface area (Å²) in [5.41, 5.74) is 1.82. The van der Waals surface area contributed by atoms with Crippen LogP contribution in [0.2, 0.25) is 0 Å². The first-order chi connectivity index (χ1) is 15.8. The third-order valence-corrected chi connectivity index (χ3v) is 6.60. The van der Waals surface area contributed by atoms with E-state index in [1.807, 2.05) is 49.1 Å². The number of carbonyl (C=O) groups excluding carboxylic acids is 1. The molecule has 4 rings (SSSR count). The smallest absolute Gasteiger partial charge is 0.322 e. The molecule has 2 atom stereocenters. The number of carbonyl (C=O) groups is 1. The first-order valence-electron chi connectivity index (χ1n) is 11.0. The van der Waals surface area contributed by atoms with Crippen LogP contribution in [-0.2, 0) is 5.41 Å². The zero-order valence-electron chi connectivity index (χ0n) is 18.9. The van der Waals surface area contributed by atoms with Gasteiger partial charge in [0.15, 0.2) is 0 Å². The average molecular weight is 448 g/mol. The lowest BCUT2D eigenvalue weighted by Crippen LogP contribution is -2.59. The van der Waals surface area contributed by atoms with E-state index < -0.39 is 5.82 Å². The van der Waals surface area contributed by atoms with Crippen molar-refractivity contribution in [2.75, 3.05) is 30.4 Å². The van der Waals surface area contributed by atoms with E-state index in [1.165, 1.54) is 13.2 Å². The van der Waals surface area contributed by atoms with E-state index in [0.29, 0.717) is 24.5 Å². The number of urea groups is 1. The Bertz CT molecular complexity index is 1150. The van der Waals surface area contributed by atoms with Crippen molar-refractivity contribution in [2.45, 2.75) is 44.2 Å². The molecule has 1 saturated heterocycles. The number of methoxy groups -OCH3 is 1. The number of nitrogens with zero attached hydrogens (tertiary/aromatic N) is 4. The molecule has 0 spiro atoms. The highest BCUT2D eigenvalue weighted by atomic mass is 19.1. The van der Waals surface area contributed by atoms with Crippen molar-refractivity contribution < 1.29 is 13.9 Å². The van der Waals surface area contributed by atoms with Gasteiger partial charge in [-0.05, 0) is 50.5 Å². The van der Waals surface area contributed by atoms with Gasteiger partial charge in [-0.25, -0.2) is 9.18 Å². The average Bonchev–Trinajstić information content (AvgIpc) is 3.61. The molecule has 7 nitrogen and oxygen atoms in total. The Morgan fingerprint density at radius 2 is 1.85 bits per heavy atom. The predicted molar refractivity (Wildman–Crippen MR) is 123 cm³/mol. The molecular formula is C25H26FN5O2. The molecule has 1 aliphatic carbocycles. The summed E-state index contributed by atoms with van der Waals surface area (Å²) in [6, 6.07) is 14.3. The summed E-state index contributed by atoms with van der Waals surface area (Å²) < 4.78 is 19.6. The summed E-state index contributed by atoms with van der Waals surface area (Å²) in [6.07, 6.45) is 1.76. The third-order valence-electron chi connectivity index (χ3n) is 6.60. The third kappa shape index (κ3) is 4.17. The number of nitrogens with one attached hydrogen (secondary N) is 1. The van der Waals surface area contributed by atoms with E-state index in [2.05, 4.69) is 11.4 Å². The lowest BCUT2D eigenvalue weighted by Gasteiger charge is -2.45. The Morgan fingerprint density at radius 3 is 2.42 bits per heavy atom. The second-order valence-corrected chi connectivity index (χ2v) is 8.82. The van der Waals surface area contributed by atoms with Crippen LogP contribution in [-0.4, -0.2) is 43.2 Å². The molecule has 1 saturated carbocycles. The maximum atomic E-state index is 14.4. The van der Waals surface area contributed by atoms with Crippen molar-refractivity contribution in [1.82, 2.24) is 4.90 Å². The zero-order chi connectivity index (χ0) is 23.8. The number of halogens is 1. The molecular weight excluding hydrogens is 421 g/mol. The highest BCUT2D eigenvalue weighted by Crippen LogP contribution is 2.47. The molecule has 1 heterocycles. The highest BCUT2D eigenvalue weighted by molar-refractivity contribution is 5.89. The van der Waals surface area contributed by atoms with Gasteiger partial charge in [-0.3, -0.25) is 0 Å². The molecule has 2 aromatic carbocycles. The van der Waals surface area contributed by atoms with Gasteiger partial charge in [-0.15, -0.1) is 0 Å². The number of benzene rings is 2. The maximum absolute atomic E-state index is 14.4. The molecule has 1 aliphatic heterocycles. The summed E-state index contributed by atoms with van der Waals surface area (Å²) in [5, 5.41) is 21.5. The molecule has 0 radical (unpaired) electrons. The standard InChI is InChI=1S/C25H26FN5O2/c1-16-14-31(24(32)29-19-6-4-18(5-7-19)25(15-28)8-9-25)17(2)13-30(16)20-10-22(26)21(12-27)23(11-20)33-3/h4-7,10-11,16-17H,8-9,13-14H2,1-3H3,(H,29,32)/t16-,17+/m0/s1. The van der Waals surface area contributed by atoms with Crippen molar-refractivity contribution in [3.05, 3.63) is 53.3 Å². The number of rotatable bonds is 4. The van der Waals surface area contributed by atoms with Crippen LogP contribution in [0, 0.1) is 28.5 Å². The minimum absolute atomic E-state index is 0.0725. The van der Waals surface area contributed by atoms with E-state index >= 15 is 0 Å². The summed E-state index contributed by atoms with van der Waals surface area (Å²) >= 11 is 0. The molecule has 2 fully saturated rings. The first-order valence-corrected chi connectivity index (χ1v) is 11.0. The van der Waals surface area contributed by atoms with Crippen molar-refractivity contribution in [1.29, 1.82) is 10.5 Å². The number of anilines is 2. The number of ether oxygens (including phenoxy) is 1. The van der Waals surface area contributed by atoms with Crippen LogP contribution in [0.1, 0.15) is 37.8 Å². The minimum atomic E-state index is -0.625. The Kier molecular flexibility index (Phi) is 5.86. The van der Waals surface area contributed by atoms with Crippen molar-refractivity contribution >= 4 is 17.4 Å². The van der Waals surface area contributed by atoms with E-state index in [0.717, 1.165) is 18.4 Å². The van der Waals surface area contributed by atoms with Gasteiger partial charge in [0.05, 0.1) is 18.6 Å². The first kappa shape index (κ1) is 22.4. The Hall–Kier alpha value is -3.78. The van der Waals surface area contributed by atoms with Crippen LogP contribution in [0.4, 0.5) is 20.6 Å². The molecule has 0 aromatic heterocycles. The molecule has 0 bridgehead atoms. The largest absolute Gasteiger partial charge is 0.495 e. The van der Waals surface area contributed by atoms with Gasteiger partial charge in [0.1, 0.15) is 23.2 Å². The highest BCUT2D eigenvalue weighted by Gasteiger charge is 2.44. The molecule has 0 unspecified atom stereocenters. The molecule has 2 amide bonds. The fraction of sp³-hybridized carbons (Fsp3) is 0.400. The fourth-order valence-electron chi connectivity index (χ4n) is 4.43. The lowest BCUT2D eigenvalue weighted by molar-refractivity contribution is 0.173. The summed E-state index contributed by atoms with van der Waals surface area (Å²) in [7, 11) is 1.41. The van der Waals surface area contributed by atoms with Gasteiger partial charge in [0.25, 0.3) is 0 Å². The molecule has 170 valence electrons. The van der Waals surface area contributed by atoms with Crippen LogP contribution >= 0.6 is 0 Å². The van der Waals surface area contributed by atoms with E-state index in [1.54, 1.807) is 11.0 Å². The van der Waals surface area contributed by atoms with Crippen molar-refractivity contribution in [3.8, 4) is 17.9 Å². The second-order valence-electron chi connectivity index (χ2n) is 8.82. The zero-order valence-corrected chi connectivity index (χ0v) is 18.9.